The van der Waals surface area contributed by atoms with E-state index in [-0.39, 0.29) is 6.04 Å². The number of benzene rings is 1. The molecule has 1 atom stereocenters. The highest BCUT2D eigenvalue weighted by molar-refractivity contribution is 5.92. The highest BCUT2D eigenvalue weighted by Gasteiger charge is 2.17. The molecule has 0 aliphatic carbocycles. The van der Waals surface area contributed by atoms with E-state index in [1.165, 1.54) is 6.39 Å². The Morgan fingerprint density at radius 3 is 2.62 bits per heavy atom. The van der Waals surface area contributed by atoms with Gasteiger partial charge >= 0.3 is 0 Å². The third-order valence-corrected chi connectivity index (χ3v) is 3.89. The van der Waals surface area contributed by atoms with Gasteiger partial charge in [-0.2, -0.15) is 0 Å². The Bertz CT molecular complexity index is 827. The molecule has 0 amide bonds. The minimum atomic E-state index is -0.165. The molecule has 6 nitrogen and oxygen atoms in total. The number of anilines is 1. The molecule has 2 N–H and O–H groups in total. The number of hydrogen-bond donors (Lipinski definition) is 1. The van der Waals surface area contributed by atoms with Crippen molar-refractivity contribution in [3.63, 3.8) is 0 Å². The Labute approximate surface area is 141 Å². The first-order valence-electron chi connectivity index (χ1n) is 8.09. The lowest BCUT2D eigenvalue weighted by molar-refractivity contribution is 0.494. The van der Waals surface area contributed by atoms with E-state index in [0.717, 1.165) is 34.5 Å². The summed E-state index contributed by atoms with van der Waals surface area (Å²) >= 11 is 0. The Kier molecular flexibility index (Phi) is 4.49. The smallest absolute Gasteiger partial charge is 0.181 e. The number of rotatable bonds is 5. The van der Waals surface area contributed by atoms with Crippen LogP contribution in [0.2, 0.25) is 0 Å². The summed E-state index contributed by atoms with van der Waals surface area (Å²) in [6.07, 6.45) is 3.98. The van der Waals surface area contributed by atoms with Crippen molar-refractivity contribution in [2.45, 2.75) is 26.3 Å². The maximum atomic E-state index is 6.30. The normalized spacial score (nSPS) is 12.8. The predicted octanol–water partition coefficient (Wildman–Crippen LogP) is 3.40. The van der Waals surface area contributed by atoms with Gasteiger partial charge in [0.15, 0.2) is 12.2 Å². The van der Waals surface area contributed by atoms with Crippen LogP contribution in [0, 0.1) is 5.92 Å². The van der Waals surface area contributed by atoms with Crippen LogP contribution in [0.1, 0.15) is 32.1 Å². The summed E-state index contributed by atoms with van der Waals surface area (Å²) < 4.78 is 5.39. The molecule has 0 saturated heterocycles. The monoisotopic (exact) mass is 325 g/mol. The van der Waals surface area contributed by atoms with Crippen molar-refractivity contribution in [1.82, 2.24) is 15.0 Å². The fourth-order valence-corrected chi connectivity index (χ4v) is 2.76. The maximum Gasteiger partial charge on any atom is 0.181 e. The van der Waals surface area contributed by atoms with Gasteiger partial charge in [0.05, 0.1) is 17.8 Å². The number of fused-ring (bicyclic) bond motifs is 1. The zero-order chi connectivity index (χ0) is 17.3. The minimum absolute atomic E-state index is 0.165. The van der Waals surface area contributed by atoms with E-state index in [2.05, 4.69) is 23.8 Å². The second-order valence-electron chi connectivity index (χ2n) is 6.63. The van der Waals surface area contributed by atoms with Crippen LogP contribution in [0.15, 0.2) is 35.2 Å². The predicted molar refractivity (Wildman–Crippen MR) is 95.7 cm³/mol. The van der Waals surface area contributed by atoms with Crippen LogP contribution in [0.5, 0.6) is 0 Å². The van der Waals surface area contributed by atoms with Crippen LogP contribution in [-0.2, 0) is 0 Å². The maximum absolute atomic E-state index is 6.30. The van der Waals surface area contributed by atoms with Gasteiger partial charge < -0.3 is 15.1 Å². The summed E-state index contributed by atoms with van der Waals surface area (Å²) in [6, 6.07) is 5.82. The summed E-state index contributed by atoms with van der Waals surface area (Å²) in [5.74, 6) is 2.76. The SMILES string of the molecule is CC(C)CC(N)c1nc(N(C)C)c2cc(-c3cnco3)ccc2n1. The average Bonchev–Trinajstić information content (AvgIpc) is 3.06. The molecule has 3 aromatic rings. The topological polar surface area (TPSA) is 81.1 Å². The molecule has 126 valence electrons. The summed E-state index contributed by atoms with van der Waals surface area (Å²) in [4.78, 5) is 15.4. The largest absolute Gasteiger partial charge is 0.444 e. The van der Waals surface area contributed by atoms with Crippen molar-refractivity contribution in [3.05, 3.63) is 36.6 Å². The van der Waals surface area contributed by atoms with Crippen LogP contribution in [-0.4, -0.2) is 29.0 Å². The molecule has 0 radical (unpaired) electrons. The van der Waals surface area contributed by atoms with Gasteiger partial charge in [-0.25, -0.2) is 15.0 Å². The first-order valence-corrected chi connectivity index (χ1v) is 8.09. The first-order chi connectivity index (χ1) is 11.5. The highest BCUT2D eigenvalue weighted by Crippen LogP contribution is 2.30. The van der Waals surface area contributed by atoms with E-state index in [1.54, 1.807) is 6.20 Å². The van der Waals surface area contributed by atoms with E-state index in [0.29, 0.717) is 11.7 Å². The van der Waals surface area contributed by atoms with Crippen molar-refractivity contribution in [2.24, 2.45) is 11.7 Å². The lowest BCUT2D eigenvalue weighted by atomic mass is 10.0. The third kappa shape index (κ3) is 3.23. The summed E-state index contributed by atoms with van der Waals surface area (Å²) in [7, 11) is 3.95. The molecule has 0 fully saturated rings. The van der Waals surface area contributed by atoms with Gasteiger partial charge in [0.2, 0.25) is 0 Å². The van der Waals surface area contributed by atoms with Gasteiger partial charge in [0.1, 0.15) is 11.6 Å². The fraction of sp³-hybridized carbons (Fsp3) is 0.389. The second-order valence-corrected chi connectivity index (χ2v) is 6.63. The van der Waals surface area contributed by atoms with Gasteiger partial charge in [-0.15, -0.1) is 0 Å². The number of oxazole rings is 1. The number of aromatic nitrogens is 3. The quantitative estimate of drug-likeness (QED) is 0.774. The Balaban J connectivity index is 2.12. The van der Waals surface area contributed by atoms with E-state index in [4.69, 9.17) is 15.1 Å². The molecule has 0 bridgehead atoms. The third-order valence-electron chi connectivity index (χ3n) is 3.89. The van der Waals surface area contributed by atoms with Gasteiger partial charge in [-0.05, 0) is 30.5 Å². The van der Waals surface area contributed by atoms with Crippen molar-refractivity contribution in [2.75, 3.05) is 19.0 Å². The van der Waals surface area contributed by atoms with Crippen LogP contribution in [0.25, 0.3) is 22.2 Å². The van der Waals surface area contributed by atoms with Gasteiger partial charge in [-0.1, -0.05) is 13.8 Å². The molecule has 24 heavy (non-hydrogen) atoms. The Morgan fingerprint density at radius 1 is 1.21 bits per heavy atom. The highest BCUT2D eigenvalue weighted by atomic mass is 16.3. The Morgan fingerprint density at radius 2 is 2.00 bits per heavy atom. The molecule has 0 aliphatic heterocycles. The molecular formula is C18H23N5O. The standard InChI is InChI=1S/C18H23N5O/c1-11(2)7-14(19)17-21-15-6-5-12(16-9-20-10-24-16)8-13(15)18(22-17)23(3)4/h5-6,8-11,14H,7,19H2,1-4H3. The lowest BCUT2D eigenvalue weighted by Crippen LogP contribution is -2.19. The zero-order valence-corrected chi connectivity index (χ0v) is 14.5. The average molecular weight is 325 g/mol. The second kappa shape index (κ2) is 6.57. The fourth-order valence-electron chi connectivity index (χ4n) is 2.76. The van der Waals surface area contributed by atoms with Crippen molar-refractivity contribution in [1.29, 1.82) is 0 Å². The van der Waals surface area contributed by atoms with Crippen LogP contribution in [0.3, 0.4) is 0 Å². The Hall–Kier alpha value is -2.47. The van der Waals surface area contributed by atoms with E-state index >= 15 is 0 Å². The van der Waals surface area contributed by atoms with Crippen LogP contribution in [0.4, 0.5) is 5.82 Å². The molecular weight excluding hydrogens is 302 g/mol. The molecule has 0 aliphatic rings. The first kappa shape index (κ1) is 16.4. The molecule has 1 unspecified atom stereocenters. The summed E-state index contributed by atoms with van der Waals surface area (Å²) in [5, 5.41) is 0.967. The molecule has 2 heterocycles. The lowest BCUT2D eigenvalue weighted by Gasteiger charge is -2.19. The summed E-state index contributed by atoms with van der Waals surface area (Å²) in [6.45, 7) is 4.30. The van der Waals surface area contributed by atoms with Gasteiger partial charge in [0, 0.05) is 25.0 Å². The minimum Gasteiger partial charge on any atom is -0.444 e. The van der Waals surface area contributed by atoms with Crippen molar-refractivity contribution < 1.29 is 4.42 Å². The molecule has 2 aromatic heterocycles. The number of hydrogen-bond acceptors (Lipinski definition) is 6. The van der Waals surface area contributed by atoms with Crippen molar-refractivity contribution in [3.8, 4) is 11.3 Å². The van der Waals surface area contributed by atoms with Gasteiger partial charge in [-0.3, -0.25) is 0 Å². The van der Waals surface area contributed by atoms with Gasteiger partial charge in [0.25, 0.3) is 0 Å². The number of nitrogens with two attached hydrogens (primary N) is 1. The molecule has 1 aromatic carbocycles. The van der Waals surface area contributed by atoms with Crippen molar-refractivity contribution >= 4 is 16.7 Å². The van der Waals surface area contributed by atoms with E-state index < -0.39 is 0 Å². The molecule has 6 heteroatoms. The number of nitrogens with zero attached hydrogens (tertiary/aromatic N) is 4. The van der Waals surface area contributed by atoms with Crippen LogP contribution >= 0.6 is 0 Å². The summed E-state index contributed by atoms with van der Waals surface area (Å²) in [5.41, 5.74) is 8.13. The molecule has 0 saturated carbocycles. The van der Waals surface area contributed by atoms with E-state index in [9.17, 15) is 0 Å². The zero-order valence-electron chi connectivity index (χ0n) is 14.5. The van der Waals surface area contributed by atoms with E-state index in [1.807, 2.05) is 37.2 Å². The molecule has 3 rings (SSSR count). The van der Waals surface area contributed by atoms with Crippen LogP contribution < -0.4 is 10.6 Å². The molecule has 0 spiro atoms.